The molecule has 1 fully saturated rings. The van der Waals surface area contributed by atoms with Crippen LogP contribution < -0.4 is 5.73 Å². The van der Waals surface area contributed by atoms with Crippen molar-refractivity contribution in [3.8, 4) is 0 Å². The second kappa shape index (κ2) is 3.53. The molecule has 0 spiro atoms. The molecule has 0 unspecified atom stereocenters. The molecule has 11 heavy (non-hydrogen) atoms. The van der Waals surface area contributed by atoms with E-state index in [0.29, 0.717) is 6.54 Å². The Morgan fingerprint density at radius 1 is 1.82 bits per heavy atom. The minimum Gasteiger partial charge on any atom is -0.335 e. The number of hydrogen-bond donors (Lipinski definition) is 1. The summed E-state index contributed by atoms with van der Waals surface area (Å²) in [5.41, 5.74) is 5.49. The molecule has 0 aliphatic carbocycles. The van der Waals surface area contributed by atoms with Crippen molar-refractivity contribution < 1.29 is 4.79 Å². The van der Waals surface area contributed by atoms with E-state index in [0.717, 1.165) is 19.4 Å². The van der Waals surface area contributed by atoms with Gasteiger partial charge in [-0.2, -0.15) is 0 Å². The van der Waals surface area contributed by atoms with Crippen LogP contribution in [-0.2, 0) is 4.79 Å². The Hall–Kier alpha value is -0.830. The normalized spacial score (nSPS) is 23.7. The van der Waals surface area contributed by atoms with Crippen LogP contribution >= 0.6 is 0 Å². The van der Waals surface area contributed by atoms with E-state index in [1.807, 2.05) is 0 Å². The van der Waals surface area contributed by atoms with Crippen molar-refractivity contribution in [1.29, 1.82) is 0 Å². The lowest BCUT2D eigenvalue weighted by atomic mass is 10.2. The lowest BCUT2D eigenvalue weighted by molar-refractivity contribution is -0.126. The molecule has 0 saturated carbocycles. The van der Waals surface area contributed by atoms with Crippen LogP contribution in [0.5, 0.6) is 0 Å². The van der Waals surface area contributed by atoms with E-state index in [4.69, 9.17) is 5.73 Å². The van der Waals surface area contributed by atoms with Gasteiger partial charge in [-0.15, -0.1) is 0 Å². The number of amides is 1. The number of carbonyl (C=O) groups is 1. The Bertz CT molecular complexity index is 167. The van der Waals surface area contributed by atoms with Gasteiger partial charge < -0.3 is 10.6 Å². The van der Waals surface area contributed by atoms with Crippen LogP contribution in [0.3, 0.4) is 0 Å². The highest BCUT2D eigenvalue weighted by Crippen LogP contribution is 2.15. The van der Waals surface area contributed by atoms with Gasteiger partial charge >= 0.3 is 0 Å². The molecule has 62 valence electrons. The lowest BCUT2D eigenvalue weighted by Gasteiger charge is -2.21. The van der Waals surface area contributed by atoms with Gasteiger partial charge in [0.15, 0.2) is 0 Å². The van der Waals surface area contributed by atoms with Crippen LogP contribution in [0, 0.1) is 0 Å². The van der Waals surface area contributed by atoms with Crippen LogP contribution in [0.4, 0.5) is 0 Å². The number of rotatable bonds is 2. The maximum atomic E-state index is 11.1. The smallest absolute Gasteiger partial charge is 0.246 e. The van der Waals surface area contributed by atoms with E-state index in [2.05, 4.69) is 6.58 Å². The van der Waals surface area contributed by atoms with Gasteiger partial charge in [0.25, 0.3) is 0 Å². The molecule has 1 atom stereocenters. The van der Waals surface area contributed by atoms with Gasteiger partial charge in [-0.05, 0) is 18.9 Å². The topological polar surface area (TPSA) is 46.3 Å². The average Bonchev–Trinajstić information content (AvgIpc) is 2.50. The summed E-state index contributed by atoms with van der Waals surface area (Å²) in [6, 6.07) is 0.250. The van der Waals surface area contributed by atoms with E-state index < -0.39 is 0 Å². The fourth-order valence-electron chi connectivity index (χ4n) is 1.49. The molecule has 0 aromatic carbocycles. The van der Waals surface area contributed by atoms with E-state index >= 15 is 0 Å². The SMILES string of the molecule is C=CC(=O)N1CCC[C@@H]1CN. The molecular formula is C8H14N2O. The third kappa shape index (κ3) is 1.60. The first-order chi connectivity index (χ1) is 5.29. The van der Waals surface area contributed by atoms with Crippen molar-refractivity contribution >= 4 is 5.91 Å². The Kier molecular flexibility index (Phi) is 2.65. The summed E-state index contributed by atoms with van der Waals surface area (Å²) < 4.78 is 0. The summed E-state index contributed by atoms with van der Waals surface area (Å²) >= 11 is 0. The maximum Gasteiger partial charge on any atom is 0.246 e. The van der Waals surface area contributed by atoms with Crippen molar-refractivity contribution in [2.75, 3.05) is 13.1 Å². The summed E-state index contributed by atoms with van der Waals surface area (Å²) in [4.78, 5) is 12.9. The van der Waals surface area contributed by atoms with Gasteiger partial charge in [0.1, 0.15) is 0 Å². The van der Waals surface area contributed by atoms with Crippen LogP contribution in [-0.4, -0.2) is 29.9 Å². The lowest BCUT2D eigenvalue weighted by Crippen LogP contribution is -2.38. The third-order valence-corrected chi connectivity index (χ3v) is 2.11. The van der Waals surface area contributed by atoms with Crippen LogP contribution in [0.15, 0.2) is 12.7 Å². The van der Waals surface area contributed by atoms with Gasteiger partial charge in [0, 0.05) is 19.1 Å². The first-order valence-electron chi connectivity index (χ1n) is 3.92. The van der Waals surface area contributed by atoms with Crippen molar-refractivity contribution in [3.63, 3.8) is 0 Å². The predicted molar refractivity (Wildman–Crippen MR) is 44.0 cm³/mol. The molecule has 1 heterocycles. The predicted octanol–water partition coefficient (Wildman–Crippen LogP) is 0.122. The fraction of sp³-hybridized carbons (Fsp3) is 0.625. The Morgan fingerprint density at radius 3 is 3.09 bits per heavy atom. The zero-order valence-corrected chi connectivity index (χ0v) is 6.62. The second-order valence-electron chi connectivity index (χ2n) is 2.77. The zero-order valence-electron chi connectivity index (χ0n) is 6.62. The number of nitrogens with two attached hydrogens (primary N) is 1. The summed E-state index contributed by atoms with van der Waals surface area (Å²) in [6.45, 7) is 4.85. The molecule has 1 amide bonds. The highest BCUT2D eigenvalue weighted by Gasteiger charge is 2.25. The largest absolute Gasteiger partial charge is 0.335 e. The third-order valence-electron chi connectivity index (χ3n) is 2.11. The van der Waals surface area contributed by atoms with Crippen molar-refractivity contribution in [2.45, 2.75) is 18.9 Å². The highest BCUT2D eigenvalue weighted by molar-refractivity contribution is 5.87. The zero-order chi connectivity index (χ0) is 8.27. The molecule has 0 aromatic rings. The molecular weight excluding hydrogens is 140 g/mol. The molecule has 0 radical (unpaired) electrons. The molecule has 1 saturated heterocycles. The van der Waals surface area contributed by atoms with Crippen molar-refractivity contribution in [2.24, 2.45) is 5.73 Å². The van der Waals surface area contributed by atoms with Crippen molar-refractivity contribution in [3.05, 3.63) is 12.7 Å². The summed E-state index contributed by atoms with van der Waals surface area (Å²) in [6.07, 6.45) is 3.46. The van der Waals surface area contributed by atoms with E-state index in [-0.39, 0.29) is 11.9 Å². The quantitative estimate of drug-likeness (QED) is 0.574. The fourth-order valence-corrected chi connectivity index (χ4v) is 1.49. The van der Waals surface area contributed by atoms with Gasteiger partial charge in [-0.1, -0.05) is 6.58 Å². The molecule has 1 aliphatic heterocycles. The number of nitrogens with zero attached hydrogens (tertiary/aromatic N) is 1. The van der Waals surface area contributed by atoms with E-state index in [1.165, 1.54) is 6.08 Å². The molecule has 1 rings (SSSR count). The number of carbonyl (C=O) groups excluding carboxylic acids is 1. The molecule has 0 aromatic heterocycles. The molecule has 3 nitrogen and oxygen atoms in total. The highest BCUT2D eigenvalue weighted by atomic mass is 16.2. The molecule has 3 heteroatoms. The Labute approximate surface area is 66.9 Å². The van der Waals surface area contributed by atoms with Crippen LogP contribution in [0.1, 0.15) is 12.8 Å². The minimum atomic E-state index is 0.0120. The second-order valence-corrected chi connectivity index (χ2v) is 2.77. The summed E-state index contributed by atoms with van der Waals surface area (Å²) in [7, 11) is 0. The standard InChI is InChI=1S/C8H14N2O/c1-2-8(11)10-5-3-4-7(10)6-9/h2,7H,1,3-6,9H2/t7-/m1/s1. The Morgan fingerprint density at radius 2 is 2.55 bits per heavy atom. The van der Waals surface area contributed by atoms with Gasteiger partial charge in [-0.25, -0.2) is 0 Å². The van der Waals surface area contributed by atoms with Gasteiger partial charge in [-0.3, -0.25) is 4.79 Å². The molecule has 1 aliphatic rings. The first-order valence-corrected chi connectivity index (χ1v) is 3.92. The summed E-state index contributed by atoms with van der Waals surface area (Å²) in [5, 5.41) is 0. The van der Waals surface area contributed by atoms with Crippen LogP contribution in [0.2, 0.25) is 0 Å². The maximum absolute atomic E-state index is 11.1. The monoisotopic (exact) mass is 154 g/mol. The van der Waals surface area contributed by atoms with Gasteiger partial charge in [0.05, 0.1) is 0 Å². The minimum absolute atomic E-state index is 0.0120. The number of likely N-dealkylation sites (tertiary alicyclic amines) is 1. The number of hydrogen-bond acceptors (Lipinski definition) is 2. The van der Waals surface area contributed by atoms with Crippen molar-refractivity contribution in [1.82, 2.24) is 4.90 Å². The molecule has 2 N–H and O–H groups in total. The van der Waals surface area contributed by atoms with Gasteiger partial charge in [0.2, 0.25) is 5.91 Å². The molecule has 0 bridgehead atoms. The Balaban J connectivity index is 2.55. The first kappa shape index (κ1) is 8.27. The average molecular weight is 154 g/mol. The van der Waals surface area contributed by atoms with E-state index in [1.54, 1.807) is 4.90 Å². The summed E-state index contributed by atoms with van der Waals surface area (Å²) in [5.74, 6) is 0.0120. The van der Waals surface area contributed by atoms with E-state index in [9.17, 15) is 4.79 Å². The van der Waals surface area contributed by atoms with Crippen LogP contribution in [0.25, 0.3) is 0 Å².